The molecular weight excluding hydrogens is 889 g/mol. The number of hydrogen-bond acceptors (Lipinski definition) is 6. The van der Waals surface area contributed by atoms with E-state index in [4.69, 9.17) is 14.2 Å². The summed E-state index contributed by atoms with van der Waals surface area (Å²) in [7, 11) is 0. The molecule has 0 aromatic carbocycles. The Morgan fingerprint density at radius 3 is 0.875 bits per heavy atom. The molecule has 0 unspecified atom stereocenters. The van der Waals surface area contributed by atoms with Crippen molar-refractivity contribution in [3.63, 3.8) is 0 Å². The summed E-state index contributed by atoms with van der Waals surface area (Å²) in [4.78, 5) is 38.3. The van der Waals surface area contributed by atoms with E-state index in [0.29, 0.717) is 19.3 Å². The van der Waals surface area contributed by atoms with Crippen LogP contribution in [0.5, 0.6) is 0 Å². The zero-order valence-electron chi connectivity index (χ0n) is 47.7. The quantitative estimate of drug-likeness (QED) is 0.0261. The zero-order valence-corrected chi connectivity index (χ0v) is 47.7. The number of esters is 3. The summed E-state index contributed by atoms with van der Waals surface area (Å²) in [6.07, 6.45) is 77.5. The van der Waals surface area contributed by atoms with Crippen molar-refractivity contribution < 1.29 is 28.6 Å². The lowest BCUT2D eigenvalue weighted by molar-refractivity contribution is -0.167. The number of ether oxygens (including phenoxy) is 3. The van der Waals surface area contributed by atoms with Crippen LogP contribution in [-0.4, -0.2) is 37.2 Å². The normalized spacial score (nSPS) is 12.5. The van der Waals surface area contributed by atoms with Gasteiger partial charge in [0.15, 0.2) is 6.10 Å². The second-order valence-corrected chi connectivity index (χ2v) is 20.6. The molecule has 0 spiro atoms. The van der Waals surface area contributed by atoms with Crippen molar-refractivity contribution in [2.24, 2.45) is 0 Å². The molecule has 0 rings (SSSR count). The largest absolute Gasteiger partial charge is 0.462 e. The standard InChI is InChI=1S/C66H116O6/c1-4-7-10-13-16-19-22-25-28-31-33-36-38-41-44-47-50-53-56-59-65(68)71-62-63(61-70-64(67)58-55-52-49-46-43-40-37-34-30-27-24-21-18-15-12-9-6-3)72-66(69)60-57-54-51-48-45-42-39-35-32-29-26-23-20-17-14-11-8-5-2/h7,10,16,19,25,27-28,30,33,36,41,44,63H,4-6,8-9,11-15,17-18,20-24,26,29,31-32,34-35,37-40,42-43,45-62H2,1-3H3/b10-7+,19-16+,28-25+,30-27+,36-33+,44-41+/t63-/m1/s1. The van der Waals surface area contributed by atoms with E-state index < -0.39 is 6.10 Å². The first-order valence-electron chi connectivity index (χ1n) is 30.9. The van der Waals surface area contributed by atoms with Crippen LogP contribution < -0.4 is 0 Å². The number of allylic oxidation sites excluding steroid dienone is 12. The molecule has 0 radical (unpaired) electrons. The van der Waals surface area contributed by atoms with Gasteiger partial charge in [0.05, 0.1) is 0 Å². The van der Waals surface area contributed by atoms with Crippen molar-refractivity contribution in [2.45, 2.75) is 316 Å². The fraction of sp³-hybridized carbons (Fsp3) is 0.773. The van der Waals surface area contributed by atoms with Gasteiger partial charge in [0, 0.05) is 19.3 Å². The van der Waals surface area contributed by atoms with Crippen molar-refractivity contribution >= 4 is 17.9 Å². The topological polar surface area (TPSA) is 78.9 Å². The Hall–Kier alpha value is -3.15. The third-order valence-electron chi connectivity index (χ3n) is 13.4. The zero-order chi connectivity index (χ0) is 52.2. The summed E-state index contributed by atoms with van der Waals surface area (Å²) in [5, 5.41) is 0. The van der Waals surface area contributed by atoms with Gasteiger partial charge in [0.1, 0.15) is 13.2 Å². The lowest BCUT2D eigenvalue weighted by Gasteiger charge is -2.18. The Balaban J connectivity index is 4.42. The first-order valence-corrected chi connectivity index (χ1v) is 30.9. The average Bonchev–Trinajstić information content (AvgIpc) is 3.38. The maximum absolute atomic E-state index is 12.9. The molecule has 1 atom stereocenters. The summed E-state index contributed by atoms with van der Waals surface area (Å²) < 4.78 is 16.9. The van der Waals surface area contributed by atoms with Crippen molar-refractivity contribution in [1.82, 2.24) is 0 Å². The summed E-state index contributed by atoms with van der Waals surface area (Å²) >= 11 is 0. The third kappa shape index (κ3) is 57.7. The van der Waals surface area contributed by atoms with E-state index in [0.717, 1.165) is 96.3 Å². The fourth-order valence-corrected chi connectivity index (χ4v) is 8.82. The highest BCUT2D eigenvalue weighted by Gasteiger charge is 2.19. The predicted molar refractivity (Wildman–Crippen MR) is 311 cm³/mol. The molecule has 0 aliphatic heterocycles. The van der Waals surface area contributed by atoms with E-state index in [1.807, 2.05) is 0 Å². The van der Waals surface area contributed by atoms with E-state index in [1.54, 1.807) is 0 Å². The minimum absolute atomic E-state index is 0.0857. The van der Waals surface area contributed by atoms with Crippen molar-refractivity contribution in [1.29, 1.82) is 0 Å². The van der Waals surface area contributed by atoms with E-state index in [9.17, 15) is 14.4 Å². The van der Waals surface area contributed by atoms with Gasteiger partial charge < -0.3 is 14.2 Å². The summed E-state index contributed by atoms with van der Waals surface area (Å²) in [5.74, 6) is -0.908. The minimum atomic E-state index is -0.790. The molecule has 0 amide bonds. The molecule has 0 N–H and O–H groups in total. The number of unbranched alkanes of at least 4 members (excludes halogenated alkanes) is 33. The first kappa shape index (κ1) is 68.8. The van der Waals surface area contributed by atoms with Gasteiger partial charge in [-0.1, -0.05) is 273 Å². The molecule has 0 fully saturated rings. The van der Waals surface area contributed by atoms with Gasteiger partial charge in [-0.05, 0) is 89.9 Å². The van der Waals surface area contributed by atoms with E-state index >= 15 is 0 Å². The second-order valence-electron chi connectivity index (χ2n) is 20.6. The molecule has 72 heavy (non-hydrogen) atoms. The molecule has 6 nitrogen and oxygen atoms in total. The van der Waals surface area contributed by atoms with Crippen LogP contribution in [0.3, 0.4) is 0 Å². The van der Waals surface area contributed by atoms with Crippen molar-refractivity contribution in [3.8, 4) is 0 Å². The minimum Gasteiger partial charge on any atom is -0.462 e. The Morgan fingerprint density at radius 1 is 0.292 bits per heavy atom. The summed E-state index contributed by atoms with van der Waals surface area (Å²) in [6.45, 7) is 6.53. The van der Waals surface area contributed by atoms with Crippen LogP contribution in [0.1, 0.15) is 310 Å². The highest BCUT2D eigenvalue weighted by atomic mass is 16.6. The van der Waals surface area contributed by atoms with Crippen LogP contribution in [0, 0.1) is 0 Å². The molecule has 0 aromatic heterocycles. The Bertz CT molecular complexity index is 1340. The first-order chi connectivity index (χ1) is 35.5. The molecule has 0 aromatic rings. The van der Waals surface area contributed by atoms with E-state index in [-0.39, 0.29) is 31.1 Å². The second kappa shape index (κ2) is 60.4. The molecule has 6 heteroatoms. The van der Waals surface area contributed by atoms with Gasteiger partial charge in [-0.15, -0.1) is 0 Å². The summed E-state index contributed by atoms with van der Waals surface area (Å²) in [6, 6.07) is 0. The predicted octanol–water partition coefficient (Wildman–Crippen LogP) is 20.9. The molecule has 0 heterocycles. The lowest BCUT2D eigenvalue weighted by Crippen LogP contribution is -2.30. The van der Waals surface area contributed by atoms with Gasteiger partial charge in [-0.3, -0.25) is 14.4 Å². The number of carbonyl (C=O) groups excluding carboxylic acids is 3. The molecule has 0 saturated heterocycles. The Kier molecular flexibility index (Phi) is 57.8. The van der Waals surface area contributed by atoms with Crippen molar-refractivity contribution in [2.75, 3.05) is 13.2 Å². The van der Waals surface area contributed by atoms with Crippen LogP contribution in [-0.2, 0) is 28.6 Å². The SMILES string of the molecule is CC/C=C/C/C=C/C/C=C/C/C=C/C/C=C/CCCCCC(=O)OC[C@@H](COC(=O)CCCCCCCCC/C=C/CCCCCCCC)OC(=O)CCCCCCCCCCCCCCCCCCCC. The lowest BCUT2D eigenvalue weighted by atomic mass is 10.0. The molecule has 0 bridgehead atoms. The number of carbonyl (C=O) groups is 3. The number of hydrogen-bond donors (Lipinski definition) is 0. The smallest absolute Gasteiger partial charge is 0.306 e. The molecule has 0 aliphatic carbocycles. The van der Waals surface area contributed by atoms with Crippen molar-refractivity contribution in [3.05, 3.63) is 72.9 Å². The van der Waals surface area contributed by atoms with Gasteiger partial charge >= 0.3 is 17.9 Å². The van der Waals surface area contributed by atoms with Crippen LogP contribution in [0.25, 0.3) is 0 Å². The number of rotatable bonds is 56. The maximum Gasteiger partial charge on any atom is 0.306 e. The van der Waals surface area contributed by atoms with Crippen LogP contribution in [0.2, 0.25) is 0 Å². The van der Waals surface area contributed by atoms with Crippen LogP contribution in [0.4, 0.5) is 0 Å². The monoisotopic (exact) mass is 1000 g/mol. The molecule has 0 saturated carbocycles. The van der Waals surface area contributed by atoms with Gasteiger partial charge in [0.25, 0.3) is 0 Å². The molecule has 0 aliphatic rings. The van der Waals surface area contributed by atoms with Gasteiger partial charge in [0.2, 0.25) is 0 Å². The van der Waals surface area contributed by atoms with E-state index in [1.165, 1.54) is 173 Å². The van der Waals surface area contributed by atoms with Gasteiger partial charge in [-0.25, -0.2) is 0 Å². The summed E-state index contributed by atoms with van der Waals surface area (Å²) in [5.41, 5.74) is 0. The maximum atomic E-state index is 12.9. The molecular formula is C66H116O6. The third-order valence-corrected chi connectivity index (χ3v) is 13.4. The van der Waals surface area contributed by atoms with Gasteiger partial charge in [-0.2, -0.15) is 0 Å². The van der Waals surface area contributed by atoms with Crippen LogP contribution in [0.15, 0.2) is 72.9 Å². The Labute approximate surface area is 446 Å². The van der Waals surface area contributed by atoms with E-state index in [2.05, 4.69) is 93.7 Å². The average molecular weight is 1010 g/mol. The Morgan fingerprint density at radius 2 is 0.542 bits per heavy atom. The fourth-order valence-electron chi connectivity index (χ4n) is 8.82. The highest BCUT2D eigenvalue weighted by Crippen LogP contribution is 2.17. The highest BCUT2D eigenvalue weighted by molar-refractivity contribution is 5.71. The molecule has 416 valence electrons. The van der Waals surface area contributed by atoms with Crippen LogP contribution >= 0.6 is 0 Å².